The second-order valence-electron chi connectivity index (χ2n) is 7.44. The van der Waals surface area contributed by atoms with Crippen molar-refractivity contribution in [3.8, 4) is 0 Å². The van der Waals surface area contributed by atoms with Gasteiger partial charge in [-0.15, -0.1) is 0 Å². The number of unbranched alkanes of at least 4 members (excludes halogenated alkanes) is 8. The molecule has 0 atom stereocenters. The molecular weight excluding hydrogens is 242 g/mol. The molecule has 1 nitrogen and oxygen atoms in total. The van der Waals surface area contributed by atoms with Gasteiger partial charge in [0.2, 0.25) is 0 Å². The predicted octanol–water partition coefficient (Wildman–Crippen LogP) is 6.17. The molecule has 0 amide bonds. The smallest absolute Gasteiger partial charge is 0.0153 e. The van der Waals surface area contributed by atoms with Crippen molar-refractivity contribution in [1.82, 2.24) is 4.90 Å². The van der Waals surface area contributed by atoms with E-state index in [1.807, 2.05) is 0 Å². The third-order valence-corrected chi connectivity index (χ3v) is 5.10. The molecule has 0 N–H and O–H groups in total. The van der Waals surface area contributed by atoms with Gasteiger partial charge < -0.3 is 0 Å². The van der Waals surface area contributed by atoms with Crippen molar-refractivity contribution in [3.05, 3.63) is 0 Å². The van der Waals surface area contributed by atoms with Crippen LogP contribution in [0, 0.1) is 0 Å². The number of likely N-dealkylation sites (tertiary alicyclic amines) is 1. The molecule has 0 aliphatic carbocycles. The lowest BCUT2D eigenvalue weighted by atomic mass is 9.92. The van der Waals surface area contributed by atoms with E-state index in [1.54, 1.807) is 0 Å². The summed E-state index contributed by atoms with van der Waals surface area (Å²) in [6, 6.07) is 0. The summed E-state index contributed by atoms with van der Waals surface area (Å²) in [6.45, 7) is 9.89. The molecule has 1 heteroatoms. The minimum atomic E-state index is 0.446. The lowest BCUT2D eigenvalue weighted by Crippen LogP contribution is -2.46. The first-order chi connectivity index (χ1) is 9.67. The van der Waals surface area contributed by atoms with Gasteiger partial charge in [0.1, 0.15) is 0 Å². The minimum Gasteiger partial charge on any atom is -0.298 e. The normalized spacial score (nSPS) is 17.6. The molecule has 0 spiro atoms. The summed E-state index contributed by atoms with van der Waals surface area (Å²) in [7, 11) is 0. The molecule has 1 aliphatic rings. The first kappa shape index (κ1) is 18.0. The monoisotopic (exact) mass is 281 g/mol. The summed E-state index contributed by atoms with van der Waals surface area (Å²) >= 11 is 0. The summed E-state index contributed by atoms with van der Waals surface area (Å²) in [4.78, 5) is 2.74. The van der Waals surface area contributed by atoms with E-state index in [2.05, 4.69) is 25.7 Å². The molecule has 0 saturated carbocycles. The zero-order valence-corrected chi connectivity index (χ0v) is 14.6. The topological polar surface area (TPSA) is 3.24 Å². The maximum atomic E-state index is 2.74. The van der Waals surface area contributed by atoms with Crippen LogP contribution in [-0.4, -0.2) is 23.5 Å². The summed E-state index contributed by atoms with van der Waals surface area (Å²) in [5.41, 5.74) is 0.446. The molecule has 1 rings (SSSR count). The Hall–Kier alpha value is -0.0400. The second kappa shape index (κ2) is 10.7. The van der Waals surface area contributed by atoms with Gasteiger partial charge in [-0.2, -0.15) is 0 Å². The van der Waals surface area contributed by atoms with Gasteiger partial charge in [-0.1, -0.05) is 71.1 Å². The molecule has 0 unspecified atom stereocenters. The van der Waals surface area contributed by atoms with E-state index in [4.69, 9.17) is 0 Å². The lowest BCUT2D eigenvalue weighted by molar-refractivity contribution is 0.0856. The highest BCUT2D eigenvalue weighted by Crippen LogP contribution is 2.26. The summed E-state index contributed by atoms with van der Waals surface area (Å²) in [6.07, 6.45) is 18.7. The Bertz CT molecular complexity index is 216. The van der Waals surface area contributed by atoms with Gasteiger partial charge in [-0.05, 0) is 46.2 Å². The lowest BCUT2D eigenvalue weighted by Gasteiger charge is -2.41. The molecule has 120 valence electrons. The molecule has 0 aromatic heterocycles. The Morgan fingerprint density at radius 2 is 1.20 bits per heavy atom. The minimum absolute atomic E-state index is 0.446. The zero-order chi connectivity index (χ0) is 14.7. The van der Waals surface area contributed by atoms with Crippen LogP contribution >= 0.6 is 0 Å². The number of nitrogens with zero attached hydrogens (tertiary/aromatic N) is 1. The Labute approximate surface area is 128 Å². The van der Waals surface area contributed by atoms with Crippen LogP contribution in [0.4, 0.5) is 0 Å². The SMILES string of the molecule is CCCCCCCCCCCC(C)(C)N1CCCCC1. The Balaban J connectivity index is 1.96. The van der Waals surface area contributed by atoms with E-state index >= 15 is 0 Å². The van der Waals surface area contributed by atoms with Gasteiger partial charge in [0, 0.05) is 5.54 Å². The zero-order valence-electron chi connectivity index (χ0n) is 14.6. The van der Waals surface area contributed by atoms with Gasteiger partial charge in [-0.3, -0.25) is 4.90 Å². The number of piperidine rings is 1. The van der Waals surface area contributed by atoms with Crippen LogP contribution in [0.2, 0.25) is 0 Å². The van der Waals surface area contributed by atoms with Gasteiger partial charge in [0.05, 0.1) is 0 Å². The molecule has 1 fully saturated rings. The largest absolute Gasteiger partial charge is 0.298 e. The van der Waals surface area contributed by atoms with Crippen LogP contribution in [0.1, 0.15) is 104 Å². The molecule has 0 aromatic rings. The van der Waals surface area contributed by atoms with Crippen LogP contribution < -0.4 is 0 Å². The van der Waals surface area contributed by atoms with Gasteiger partial charge in [0.15, 0.2) is 0 Å². The first-order valence-electron chi connectivity index (χ1n) is 9.42. The van der Waals surface area contributed by atoms with Gasteiger partial charge in [0.25, 0.3) is 0 Å². The number of hydrogen-bond donors (Lipinski definition) is 0. The van der Waals surface area contributed by atoms with Crippen LogP contribution in [0.15, 0.2) is 0 Å². The standard InChI is InChI=1S/C19H39N/c1-4-5-6-7-8-9-10-11-13-16-19(2,3)20-17-14-12-15-18-20/h4-18H2,1-3H3. The van der Waals surface area contributed by atoms with Crippen molar-refractivity contribution in [2.45, 2.75) is 110 Å². The van der Waals surface area contributed by atoms with Crippen LogP contribution in [0.3, 0.4) is 0 Å². The van der Waals surface area contributed by atoms with Crippen LogP contribution in [0.25, 0.3) is 0 Å². The van der Waals surface area contributed by atoms with Crippen molar-refractivity contribution in [3.63, 3.8) is 0 Å². The van der Waals surface area contributed by atoms with E-state index in [9.17, 15) is 0 Å². The number of rotatable bonds is 11. The molecular formula is C19H39N. The summed E-state index contributed by atoms with van der Waals surface area (Å²) in [5, 5.41) is 0. The third kappa shape index (κ3) is 7.67. The molecule has 0 bridgehead atoms. The van der Waals surface area contributed by atoms with E-state index in [0.717, 1.165) is 0 Å². The molecule has 1 saturated heterocycles. The Morgan fingerprint density at radius 1 is 0.700 bits per heavy atom. The molecule has 0 aromatic carbocycles. The van der Waals surface area contributed by atoms with E-state index in [1.165, 1.54) is 96.6 Å². The van der Waals surface area contributed by atoms with Crippen molar-refractivity contribution < 1.29 is 0 Å². The van der Waals surface area contributed by atoms with Crippen molar-refractivity contribution in [1.29, 1.82) is 0 Å². The van der Waals surface area contributed by atoms with Gasteiger partial charge in [-0.25, -0.2) is 0 Å². The maximum Gasteiger partial charge on any atom is 0.0153 e. The fourth-order valence-electron chi connectivity index (χ4n) is 3.53. The first-order valence-corrected chi connectivity index (χ1v) is 9.42. The fourth-order valence-corrected chi connectivity index (χ4v) is 3.53. The average molecular weight is 282 g/mol. The molecule has 1 aliphatic heterocycles. The quantitative estimate of drug-likeness (QED) is 0.409. The molecule has 1 heterocycles. The van der Waals surface area contributed by atoms with Crippen LogP contribution in [-0.2, 0) is 0 Å². The predicted molar refractivity (Wildman–Crippen MR) is 91.3 cm³/mol. The van der Waals surface area contributed by atoms with E-state index < -0.39 is 0 Å². The number of hydrogen-bond acceptors (Lipinski definition) is 1. The van der Waals surface area contributed by atoms with E-state index in [-0.39, 0.29) is 0 Å². The summed E-state index contributed by atoms with van der Waals surface area (Å²) in [5.74, 6) is 0. The highest BCUT2D eigenvalue weighted by molar-refractivity contribution is 4.83. The third-order valence-electron chi connectivity index (χ3n) is 5.10. The van der Waals surface area contributed by atoms with E-state index in [0.29, 0.717) is 5.54 Å². The molecule has 0 radical (unpaired) electrons. The molecule has 20 heavy (non-hydrogen) atoms. The highest BCUT2D eigenvalue weighted by atomic mass is 15.2. The Kier molecular flexibility index (Phi) is 9.59. The van der Waals surface area contributed by atoms with Crippen molar-refractivity contribution in [2.75, 3.05) is 13.1 Å². The maximum absolute atomic E-state index is 2.74. The van der Waals surface area contributed by atoms with Crippen LogP contribution in [0.5, 0.6) is 0 Å². The summed E-state index contributed by atoms with van der Waals surface area (Å²) < 4.78 is 0. The van der Waals surface area contributed by atoms with Crippen molar-refractivity contribution >= 4 is 0 Å². The Morgan fingerprint density at radius 3 is 1.75 bits per heavy atom. The van der Waals surface area contributed by atoms with Gasteiger partial charge >= 0.3 is 0 Å². The average Bonchev–Trinajstić information content (AvgIpc) is 2.46. The second-order valence-corrected chi connectivity index (χ2v) is 7.44. The highest BCUT2D eigenvalue weighted by Gasteiger charge is 2.26. The fraction of sp³-hybridized carbons (Fsp3) is 1.00. The van der Waals surface area contributed by atoms with Crippen molar-refractivity contribution in [2.24, 2.45) is 0 Å².